The third kappa shape index (κ3) is 3.66. The van der Waals surface area contributed by atoms with E-state index in [0.717, 1.165) is 45.2 Å². The molecule has 1 saturated heterocycles. The molecule has 2 heterocycles. The number of rotatable bonds is 4. The van der Waals surface area contributed by atoms with Gasteiger partial charge in [0.25, 0.3) is 0 Å². The first-order chi connectivity index (χ1) is 8.75. The SMILES string of the molecule is CC(=O)NCCN1CCN(c2ncccn2)CC1. The summed E-state index contributed by atoms with van der Waals surface area (Å²) in [5.74, 6) is 0.838. The van der Waals surface area contributed by atoms with Crippen molar-refractivity contribution in [1.29, 1.82) is 0 Å². The number of carbonyl (C=O) groups is 1. The molecule has 0 atom stereocenters. The minimum atomic E-state index is 0.0336. The van der Waals surface area contributed by atoms with Crippen LogP contribution in [0.15, 0.2) is 18.5 Å². The summed E-state index contributed by atoms with van der Waals surface area (Å²) in [6.07, 6.45) is 3.54. The monoisotopic (exact) mass is 249 g/mol. The molecular weight excluding hydrogens is 230 g/mol. The van der Waals surface area contributed by atoms with Crippen molar-refractivity contribution in [3.05, 3.63) is 18.5 Å². The second-order valence-corrected chi connectivity index (χ2v) is 4.36. The second kappa shape index (κ2) is 6.30. The van der Waals surface area contributed by atoms with E-state index in [9.17, 15) is 4.79 Å². The molecular formula is C12H19N5O. The summed E-state index contributed by atoms with van der Waals surface area (Å²) in [4.78, 5) is 23.8. The normalized spacial score (nSPS) is 16.6. The van der Waals surface area contributed by atoms with Crippen molar-refractivity contribution in [3.63, 3.8) is 0 Å². The summed E-state index contributed by atoms with van der Waals surface area (Å²) in [6, 6.07) is 1.83. The highest BCUT2D eigenvalue weighted by atomic mass is 16.1. The maximum absolute atomic E-state index is 10.8. The lowest BCUT2D eigenvalue weighted by Gasteiger charge is -2.34. The summed E-state index contributed by atoms with van der Waals surface area (Å²) < 4.78 is 0. The number of hydrogen-bond donors (Lipinski definition) is 1. The molecule has 1 amide bonds. The van der Waals surface area contributed by atoms with Crippen molar-refractivity contribution in [2.45, 2.75) is 6.92 Å². The maximum atomic E-state index is 10.8. The van der Waals surface area contributed by atoms with E-state index in [1.807, 2.05) is 6.07 Å². The van der Waals surface area contributed by atoms with Gasteiger partial charge in [-0.2, -0.15) is 0 Å². The number of hydrogen-bond acceptors (Lipinski definition) is 5. The molecule has 1 aromatic heterocycles. The van der Waals surface area contributed by atoms with Crippen molar-refractivity contribution in [3.8, 4) is 0 Å². The Morgan fingerprint density at radius 3 is 2.56 bits per heavy atom. The molecule has 1 aliphatic rings. The lowest BCUT2D eigenvalue weighted by Crippen LogP contribution is -2.48. The first-order valence-corrected chi connectivity index (χ1v) is 6.24. The topological polar surface area (TPSA) is 61.4 Å². The largest absolute Gasteiger partial charge is 0.355 e. The Labute approximate surface area is 107 Å². The lowest BCUT2D eigenvalue weighted by atomic mass is 10.3. The van der Waals surface area contributed by atoms with E-state index in [2.05, 4.69) is 25.1 Å². The predicted molar refractivity (Wildman–Crippen MR) is 69.4 cm³/mol. The average molecular weight is 249 g/mol. The molecule has 0 aliphatic carbocycles. The van der Waals surface area contributed by atoms with Gasteiger partial charge in [-0.15, -0.1) is 0 Å². The van der Waals surface area contributed by atoms with Crippen LogP contribution in [0.25, 0.3) is 0 Å². The van der Waals surface area contributed by atoms with E-state index in [1.54, 1.807) is 19.3 Å². The standard InChI is InChI=1S/C12H19N5O/c1-11(18)13-5-6-16-7-9-17(10-8-16)12-14-3-2-4-15-12/h2-4H,5-10H2,1H3,(H,13,18). The van der Waals surface area contributed by atoms with Gasteiger partial charge in [0.1, 0.15) is 0 Å². The fourth-order valence-electron chi connectivity index (χ4n) is 2.02. The fourth-order valence-corrected chi connectivity index (χ4v) is 2.02. The minimum Gasteiger partial charge on any atom is -0.355 e. The Morgan fingerprint density at radius 2 is 1.94 bits per heavy atom. The Balaban J connectivity index is 1.73. The van der Waals surface area contributed by atoms with Gasteiger partial charge in [0, 0.05) is 58.6 Å². The minimum absolute atomic E-state index is 0.0336. The summed E-state index contributed by atoms with van der Waals surface area (Å²) in [5, 5.41) is 2.82. The van der Waals surface area contributed by atoms with Crippen LogP contribution in [0.3, 0.4) is 0 Å². The van der Waals surface area contributed by atoms with Gasteiger partial charge < -0.3 is 10.2 Å². The Bertz CT molecular complexity index is 375. The van der Waals surface area contributed by atoms with Crippen LogP contribution in [0.4, 0.5) is 5.95 Å². The number of amides is 1. The molecule has 0 saturated carbocycles. The van der Waals surface area contributed by atoms with Crippen LogP contribution in [0.1, 0.15) is 6.92 Å². The molecule has 2 rings (SSSR count). The maximum Gasteiger partial charge on any atom is 0.225 e. The van der Waals surface area contributed by atoms with E-state index in [1.165, 1.54) is 0 Å². The molecule has 1 aromatic rings. The summed E-state index contributed by atoms with van der Waals surface area (Å²) in [6.45, 7) is 7.01. The van der Waals surface area contributed by atoms with Crippen LogP contribution >= 0.6 is 0 Å². The van der Waals surface area contributed by atoms with E-state index in [0.29, 0.717) is 0 Å². The number of nitrogens with one attached hydrogen (secondary N) is 1. The first-order valence-electron chi connectivity index (χ1n) is 6.24. The van der Waals surface area contributed by atoms with E-state index >= 15 is 0 Å². The van der Waals surface area contributed by atoms with Gasteiger partial charge in [0.15, 0.2) is 0 Å². The van der Waals surface area contributed by atoms with Crippen LogP contribution < -0.4 is 10.2 Å². The van der Waals surface area contributed by atoms with Crippen molar-refractivity contribution in [1.82, 2.24) is 20.2 Å². The van der Waals surface area contributed by atoms with Crippen LogP contribution in [-0.4, -0.2) is 60.0 Å². The molecule has 98 valence electrons. The number of anilines is 1. The van der Waals surface area contributed by atoms with Crippen molar-refractivity contribution in [2.75, 3.05) is 44.2 Å². The van der Waals surface area contributed by atoms with Gasteiger partial charge in [-0.3, -0.25) is 9.69 Å². The second-order valence-electron chi connectivity index (χ2n) is 4.36. The predicted octanol–water partition coefficient (Wildman–Crippen LogP) is -0.265. The highest BCUT2D eigenvalue weighted by Gasteiger charge is 2.18. The molecule has 1 aliphatic heterocycles. The molecule has 0 aromatic carbocycles. The van der Waals surface area contributed by atoms with Crippen LogP contribution in [-0.2, 0) is 4.79 Å². The van der Waals surface area contributed by atoms with Gasteiger partial charge in [-0.1, -0.05) is 0 Å². The highest BCUT2D eigenvalue weighted by molar-refractivity contribution is 5.72. The molecule has 18 heavy (non-hydrogen) atoms. The molecule has 1 N–H and O–H groups in total. The van der Waals surface area contributed by atoms with Crippen molar-refractivity contribution in [2.24, 2.45) is 0 Å². The molecule has 1 fully saturated rings. The third-order valence-electron chi connectivity index (χ3n) is 3.01. The molecule has 0 bridgehead atoms. The van der Waals surface area contributed by atoms with Gasteiger partial charge in [0.2, 0.25) is 11.9 Å². The Morgan fingerprint density at radius 1 is 1.28 bits per heavy atom. The van der Waals surface area contributed by atoms with E-state index in [-0.39, 0.29) is 5.91 Å². The van der Waals surface area contributed by atoms with Crippen LogP contribution in [0.2, 0.25) is 0 Å². The molecule has 6 nitrogen and oxygen atoms in total. The Hall–Kier alpha value is -1.69. The average Bonchev–Trinajstić information content (AvgIpc) is 2.40. The van der Waals surface area contributed by atoms with Crippen molar-refractivity contribution < 1.29 is 4.79 Å². The molecule has 0 radical (unpaired) electrons. The van der Waals surface area contributed by atoms with Crippen molar-refractivity contribution >= 4 is 11.9 Å². The van der Waals surface area contributed by atoms with Crippen LogP contribution in [0.5, 0.6) is 0 Å². The smallest absolute Gasteiger partial charge is 0.225 e. The first kappa shape index (κ1) is 12.8. The third-order valence-corrected chi connectivity index (χ3v) is 3.01. The number of aromatic nitrogens is 2. The number of nitrogens with zero attached hydrogens (tertiary/aromatic N) is 4. The zero-order valence-electron chi connectivity index (χ0n) is 10.7. The molecule has 0 spiro atoms. The zero-order chi connectivity index (χ0) is 12.8. The zero-order valence-corrected chi connectivity index (χ0v) is 10.7. The molecule has 6 heteroatoms. The lowest BCUT2D eigenvalue weighted by molar-refractivity contribution is -0.119. The van der Waals surface area contributed by atoms with Crippen LogP contribution in [0, 0.1) is 0 Å². The summed E-state index contributed by atoms with van der Waals surface area (Å²) in [5.41, 5.74) is 0. The van der Waals surface area contributed by atoms with E-state index < -0.39 is 0 Å². The number of piperazine rings is 1. The Kier molecular flexibility index (Phi) is 4.46. The van der Waals surface area contributed by atoms with Gasteiger partial charge in [0.05, 0.1) is 0 Å². The van der Waals surface area contributed by atoms with Gasteiger partial charge in [-0.05, 0) is 6.07 Å². The summed E-state index contributed by atoms with van der Waals surface area (Å²) in [7, 11) is 0. The number of carbonyl (C=O) groups excluding carboxylic acids is 1. The summed E-state index contributed by atoms with van der Waals surface area (Å²) >= 11 is 0. The fraction of sp³-hybridized carbons (Fsp3) is 0.583. The quantitative estimate of drug-likeness (QED) is 0.796. The van der Waals surface area contributed by atoms with Gasteiger partial charge in [-0.25, -0.2) is 9.97 Å². The van der Waals surface area contributed by atoms with E-state index in [4.69, 9.17) is 0 Å². The highest BCUT2D eigenvalue weighted by Crippen LogP contribution is 2.08. The van der Waals surface area contributed by atoms with Gasteiger partial charge >= 0.3 is 0 Å². The molecule has 0 unspecified atom stereocenters.